The van der Waals surface area contributed by atoms with Gasteiger partial charge in [0.2, 0.25) is 10.0 Å². The van der Waals surface area contributed by atoms with Crippen LogP contribution in [0.15, 0.2) is 29.2 Å². The summed E-state index contributed by atoms with van der Waals surface area (Å²) in [5.74, 6) is 0. The first-order valence-corrected chi connectivity index (χ1v) is 7.73. The molecule has 2 N–H and O–H groups in total. The van der Waals surface area contributed by atoms with Gasteiger partial charge in [0.1, 0.15) is 0 Å². The Bertz CT molecular complexity index is 469. The van der Waals surface area contributed by atoms with Gasteiger partial charge in [0, 0.05) is 6.54 Å². The maximum atomic E-state index is 12.0. The Kier molecular flexibility index (Phi) is 5.78. The highest BCUT2D eigenvalue weighted by Crippen LogP contribution is 2.17. The third kappa shape index (κ3) is 4.40. The molecule has 0 fully saturated rings. The number of aliphatic hydroxyl groups excluding tert-OH is 1. The summed E-state index contributed by atoms with van der Waals surface area (Å²) in [6.45, 7) is 4.14. The fourth-order valence-electron chi connectivity index (χ4n) is 1.61. The van der Waals surface area contributed by atoms with Crippen LogP contribution in [0.5, 0.6) is 0 Å². The van der Waals surface area contributed by atoms with E-state index in [2.05, 4.69) is 11.6 Å². The Morgan fingerprint density at radius 2 is 2.06 bits per heavy atom. The van der Waals surface area contributed by atoms with E-state index in [0.29, 0.717) is 12.1 Å². The first-order valence-electron chi connectivity index (χ1n) is 6.25. The van der Waals surface area contributed by atoms with Crippen LogP contribution in [0, 0.1) is 0 Å². The van der Waals surface area contributed by atoms with Crippen LogP contribution in [0.3, 0.4) is 0 Å². The van der Waals surface area contributed by atoms with Crippen molar-refractivity contribution in [3.05, 3.63) is 29.8 Å². The summed E-state index contributed by atoms with van der Waals surface area (Å²) in [7, 11) is -3.46. The zero-order chi connectivity index (χ0) is 13.6. The predicted molar refractivity (Wildman–Crippen MR) is 71.8 cm³/mol. The molecular formula is C13H21NO3S. The van der Waals surface area contributed by atoms with Crippen molar-refractivity contribution in [3.63, 3.8) is 0 Å². The van der Waals surface area contributed by atoms with E-state index in [1.807, 2.05) is 0 Å². The van der Waals surface area contributed by atoms with Gasteiger partial charge in [-0.25, -0.2) is 13.1 Å². The van der Waals surface area contributed by atoms with Gasteiger partial charge in [-0.1, -0.05) is 31.9 Å². The molecule has 0 aliphatic heterocycles. The van der Waals surface area contributed by atoms with Crippen molar-refractivity contribution in [1.82, 2.24) is 4.72 Å². The van der Waals surface area contributed by atoms with Crippen molar-refractivity contribution in [3.8, 4) is 0 Å². The summed E-state index contributed by atoms with van der Waals surface area (Å²) >= 11 is 0. The van der Waals surface area contributed by atoms with Gasteiger partial charge in [0.15, 0.2) is 0 Å². The summed E-state index contributed by atoms with van der Waals surface area (Å²) < 4.78 is 26.5. The molecule has 0 aliphatic rings. The van der Waals surface area contributed by atoms with Crippen LogP contribution in [-0.2, 0) is 10.0 Å². The molecule has 0 bridgehead atoms. The lowest BCUT2D eigenvalue weighted by atomic mass is 10.1. The summed E-state index contributed by atoms with van der Waals surface area (Å²) in [6.07, 6.45) is 2.24. The van der Waals surface area contributed by atoms with E-state index in [1.54, 1.807) is 19.1 Å². The number of sulfonamides is 1. The molecule has 0 heterocycles. The maximum absolute atomic E-state index is 12.0. The largest absolute Gasteiger partial charge is 0.389 e. The molecule has 0 saturated carbocycles. The second-order valence-corrected chi connectivity index (χ2v) is 6.12. The number of unbranched alkanes of at least 4 members (excludes halogenated alkanes) is 2. The number of benzene rings is 1. The fraction of sp³-hybridized carbons (Fsp3) is 0.538. The normalized spacial score (nSPS) is 13.5. The Labute approximate surface area is 109 Å². The molecule has 5 heteroatoms. The fourth-order valence-corrected chi connectivity index (χ4v) is 2.74. The number of hydrogen-bond donors (Lipinski definition) is 2. The molecule has 0 spiro atoms. The van der Waals surface area contributed by atoms with Crippen molar-refractivity contribution in [2.45, 2.75) is 44.1 Å². The van der Waals surface area contributed by atoms with E-state index in [1.165, 1.54) is 12.1 Å². The minimum absolute atomic E-state index is 0.206. The summed E-state index contributed by atoms with van der Waals surface area (Å²) in [4.78, 5) is 0.206. The van der Waals surface area contributed by atoms with Crippen molar-refractivity contribution in [2.75, 3.05) is 6.54 Å². The van der Waals surface area contributed by atoms with Gasteiger partial charge in [-0.3, -0.25) is 0 Å². The molecule has 1 aromatic carbocycles. The highest BCUT2D eigenvalue weighted by molar-refractivity contribution is 7.89. The highest BCUT2D eigenvalue weighted by atomic mass is 32.2. The smallest absolute Gasteiger partial charge is 0.240 e. The van der Waals surface area contributed by atoms with Crippen molar-refractivity contribution in [1.29, 1.82) is 0 Å². The van der Waals surface area contributed by atoms with Gasteiger partial charge in [-0.15, -0.1) is 0 Å². The molecule has 0 saturated heterocycles. The van der Waals surface area contributed by atoms with Gasteiger partial charge in [-0.2, -0.15) is 0 Å². The molecule has 1 atom stereocenters. The Hall–Kier alpha value is -0.910. The topological polar surface area (TPSA) is 66.4 Å². The Morgan fingerprint density at radius 3 is 2.67 bits per heavy atom. The molecule has 0 aliphatic carbocycles. The molecule has 102 valence electrons. The van der Waals surface area contributed by atoms with Gasteiger partial charge in [0.05, 0.1) is 11.0 Å². The first kappa shape index (κ1) is 15.1. The average Bonchev–Trinajstić information content (AvgIpc) is 2.35. The van der Waals surface area contributed by atoms with E-state index in [4.69, 9.17) is 0 Å². The van der Waals surface area contributed by atoms with E-state index in [-0.39, 0.29) is 4.90 Å². The van der Waals surface area contributed by atoms with Crippen LogP contribution >= 0.6 is 0 Å². The molecule has 1 unspecified atom stereocenters. The second-order valence-electron chi connectivity index (χ2n) is 4.35. The monoisotopic (exact) mass is 271 g/mol. The standard InChI is InChI=1S/C13H21NO3S/c1-3-4-5-9-14-18(16,17)13-8-6-7-12(10-13)11(2)15/h6-8,10-11,14-15H,3-5,9H2,1-2H3. The lowest BCUT2D eigenvalue weighted by Crippen LogP contribution is -2.24. The predicted octanol–water partition coefficient (Wildman–Crippen LogP) is 2.21. The Morgan fingerprint density at radius 1 is 1.33 bits per heavy atom. The molecule has 1 aromatic rings. The van der Waals surface area contributed by atoms with Crippen LogP contribution in [-0.4, -0.2) is 20.1 Å². The number of nitrogens with one attached hydrogen (secondary N) is 1. The molecule has 18 heavy (non-hydrogen) atoms. The van der Waals surface area contributed by atoms with Crippen LogP contribution < -0.4 is 4.72 Å². The molecule has 1 rings (SSSR count). The quantitative estimate of drug-likeness (QED) is 0.747. The number of hydrogen-bond acceptors (Lipinski definition) is 3. The molecule has 0 amide bonds. The lowest BCUT2D eigenvalue weighted by Gasteiger charge is -2.09. The Balaban J connectivity index is 2.75. The minimum Gasteiger partial charge on any atom is -0.389 e. The summed E-state index contributed by atoms with van der Waals surface area (Å²) in [5.41, 5.74) is 0.603. The van der Waals surface area contributed by atoms with Crippen LogP contribution in [0.25, 0.3) is 0 Å². The molecule has 4 nitrogen and oxygen atoms in total. The SMILES string of the molecule is CCCCCNS(=O)(=O)c1cccc(C(C)O)c1. The number of aliphatic hydroxyl groups is 1. The highest BCUT2D eigenvalue weighted by Gasteiger charge is 2.14. The zero-order valence-electron chi connectivity index (χ0n) is 10.9. The third-order valence-corrected chi connectivity index (χ3v) is 4.18. The van der Waals surface area contributed by atoms with E-state index in [9.17, 15) is 13.5 Å². The molecule has 0 radical (unpaired) electrons. The van der Waals surface area contributed by atoms with Crippen molar-refractivity contribution in [2.24, 2.45) is 0 Å². The minimum atomic E-state index is -3.46. The van der Waals surface area contributed by atoms with Crippen LogP contribution in [0.1, 0.15) is 44.8 Å². The van der Waals surface area contributed by atoms with Crippen molar-refractivity contribution < 1.29 is 13.5 Å². The summed E-state index contributed by atoms with van der Waals surface area (Å²) in [5, 5.41) is 9.44. The van der Waals surface area contributed by atoms with E-state index in [0.717, 1.165) is 19.3 Å². The van der Waals surface area contributed by atoms with Gasteiger partial charge in [-0.05, 0) is 31.0 Å². The van der Waals surface area contributed by atoms with Gasteiger partial charge >= 0.3 is 0 Å². The second kappa shape index (κ2) is 6.87. The average molecular weight is 271 g/mol. The van der Waals surface area contributed by atoms with Gasteiger partial charge in [0.25, 0.3) is 0 Å². The van der Waals surface area contributed by atoms with Gasteiger partial charge < -0.3 is 5.11 Å². The zero-order valence-corrected chi connectivity index (χ0v) is 11.7. The van der Waals surface area contributed by atoms with Crippen molar-refractivity contribution >= 4 is 10.0 Å². The molecular weight excluding hydrogens is 250 g/mol. The van der Waals surface area contributed by atoms with E-state index < -0.39 is 16.1 Å². The first-order chi connectivity index (χ1) is 8.47. The lowest BCUT2D eigenvalue weighted by molar-refractivity contribution is 0.199. The third-order valence-electron chi connectivity index (χ3n) is 2.72. The molecule has 0 aromatic heterocycles. The number of rotatable bonds is 7. The van der Waals surface area contributed by atoms with Crippen LogP contribution in [0.4, 0.5) is 0 Å². The van der Waals surface area contributed by atoms with E-state index >= 15 is 0 Å². The maximum Gasteiger partial charge on any atom is 0.240 e. The van der Waals surface area contributed by atoms with Crippen LogP contribution in [0.2, 0.25) is 0 Å². The summed E-state index contributed by atoms with van der Waals surface area (Å²) in [6, 6.07) is 6.39.